The first-order valence-electron chi connectivity index (χ1n) is 12.4. The summed E-state index contributed by atoms with van der Waals surface area (Å²) >= 11 is 0. The van der Waals surface area contributed by atoms with E-state index in [0.29, 0.717) is 34.1 Å². The Morgan fingerprint density at radius 2 is 1.24 bits per heavy atom. The van der Waals surface area contributed by atoms with Crippen LogP contribution in [0.2, 0.25) is 0 Å². The summed E-state index contributed by atoms with van der Waals surface area (Å²) in [6, 6.07) is 27.8. The van der Waals surface area contributed by atoms with Crippen LogP contribution >= 0.6 is 0 Å². The molecule has 5 nitrogen and oxygen atoms in total. The molecule has 0 N–H and O–H groups in total. The fraction of sp³-hybridized carbons (Fsp3) is 0.188. The predicted octanol–water partition coefficient (Wildman–Crippen LogP) is 8.07. The predicted molar refractivity (Wildman–Crippen MR) is 145 cm³/mol. The summed E-state index contributed by atoms with van der Waals surface area (Å²) in [7, 11) is 0. The number of amides is 2. The molecule has 5 rings (SSSR count). The van der Waals surface area contributed by atoms with Gasteiger partial charge in [0.15, 0.2) is 0 Å². The zero-order valence-electron chi connectivity index (χ0n) is 21.4. The van der Waals surface area contributed by atoms with Crippen molar-refractivity contribution in [1.82, 2.24) is 0 Å². The molecule has 0 saturated carbocycles. The fourth-order valence-corrected chi connectivity index (χ4v) is 4.33. The second kappa shape index (κ2) is 9.58. The number of benzene rings is 4. The molecule has 5 heteroatoms. The monoisotopic (exact) mass is 491 g/mol. The van der Waals surface area contributed by atoms with Crippen LogP contribution < -0.4 is 14.4 Å². The highest BCUT2D eigenvalue weighted by molar-refractivity contribution is 6.34. The second-order valence-corrected chi connectivity index (χ2v) is 9.94. The minimum Gasteiger partial charge on any atom is -0.457 e. The number of hydrogen-bond acceptors (Lipinski definition) is 4. The van der Waals surface area contributed by atoms with Crippen LogP contribution in [0.5, 0.6) is 23.0 Å². The van der Waals surface area contributed by atoms with Gasteiger partial charge in [-0.15, -0.1) is 0 Å². The third kappa shape index (κ3) is 4.85. The minimum absolute atomic E-state index is 0.0631. The Morgan fingerprint density at radius 1 is 0.676 bits per heavy atom. The summed E-state index contributed by atoms with van der Waals surface area (Å²) in [5.41, 5.74) is 3.52. The van der Waals surface area contributed by atoms with Gasteiger partial charge in [0.1, 0.15) is 23.0 Å². The van der Waals surface area contributed by atoms with Crippen molar-refractivity contribution in [2.45, 2.75) is 39.5 Å². The average molecular weight is 492 g/mol. The quantitative estimate of drug-likeness (QED) is 0.245. The molecule has 2 amide bonds. The van der Waals surface area contributed by atoms with Gasteiger partial charge in [-0.2, -0.15) is 0 Å². The summed E-state index contributed by atoms with van der Waals surface area (Å²) in [5, 5.41) is 0. The molecule has 4 aromatic carbocycles. The molecular weight excluding hydrogens is 462 g/mol. The van der Waals surface area contributed by atoms with Crippen molar-refractivity contribution < 1.29 is 19.1 Å². The molecule has 0 saturated heterocycles. The molecule has 0 radical (unpaired) electrons. The molecule has 186 valence electrons. The average Bonchev–Trinajstić information content (AvgIpc) is 3.13. The molecule has 0 spiro atoms. The first-order chi connectivity index (χ1) is 17.7. The molecule has 0 bridgehead atoms. The normalized spacial score (nSPS) is 13.0. The highest BCUT2D eigenvalue weighted by Gasteiger charge is 2.36. The van der Waals surface area contributed by atoms with E-state index in [2.05, 4.69) is 32.9 Å². The summed E-state index contributed by atoms with van der Waals surface area (Å²) in [6.07, 6.45) is 1.03. The van der Waals surface area contributed by atoms with Gasteiger partial charge in [0.2, 0.25) is 0 Å². The highest BCUT2D eigenvalue weighted by Crippen LogP contribution is 2.35. The maximum Gasteiger partial charge on any atom is 0.266 e. The molecule has 0 atom stereocenters. The molecule has 37 heavy (non-hydrogen) atoms. The number of imide groups is 1. The summed E-state index contributed by atoms with van der Waals surface area (Å²) in [4.78, 5) is 27.2. The van der Waals surface area contributed by atoms with Crippen molar-refractivity contribution in [2.24, 2.45) is 0 Å². The lowest BCUT2D eigenvalue weighted by Crippen LogP contribution is -2.29. The number of fused-ring (bicyclic) bond motifs is 1. The molecule has 1 aliphatic rings. The summed E-state index contributed by atoms with van der Waals surface area (Å²) < 4.78 is 12.2. The minimum atomic E-state index is -0.332. The topological polar surface area (TPSA) is 55.8 Å². The van der Waals surface area contributed by atoms with Crippen molar-refractivity contribution in [1.29, 1.82) is 0 Å². The lowest BCUT2D eigenvalue weighted by molar-refractivity contribution is 0.0926. The van der Waals surface area contributed by atoms with Gasteiger partial charge in [-0.3, -0.25) is 9.59 Å². The number of carbonyl (C=O) groups is 2. The van der Waals surface area contributed by atoms with E-state index in [1.807, 2.05) is 49.4 Å². The SMILES string of the molecule is CCC(C)(C)c1cccc(Oc2cccc(Oc3cccc(N4C(=O)c5ccc(C)cc5C4=O)c3)c2)c1. The molecule has 4 aromatic rings. The Hall–Kier alpha value is -4.38. The van der Waals surface area contributed by atoms with Gasteiger partial charge < -0.3 is 9.47 Å². The first kappa shape index (κ1) is 24.3. The molecule has 0 fully saturated rings. The van der Waals surface area contributed by atoms with E-state index in [1.54, 1.807) is 36.4 Å². The van der Waals surface area contributed by atoms with Crippen LogP contribution in [0.15, 0.2) is 91.0 Å². The van der Waals surface area contributed by atoms with Gasteiger partial charge in [-0.25, -0.2) is 4.90 Å². The second-order valence-electron chi connectivity index (χ2n) is 9.94. The van der Waals surface area contributed by atoms with Gasteiger partial charge in [-0.05, 0) is 72.9 Å². The maximum absolute atomic E-state index is 13.0. The van der Waals surface area contributed by atoms with E-state index >= 15 is 0 Å². The van der Waals surface area contributed by atoms with Crippen LogP contribution in [0.4, 0.5) is 5.69 Å². The Balaban J connectivity index is 1.35. The van der Waals surface area contributed by atoms with Crippen LogP contribution in [-0.4, -0.2) is 11.8 Å². The fourth-order valence-electron chi connectivity index (χ4n) is 4.33. The van der Waals surface area contributed by atoms with E-state index in [-0.39, 0.29) is 17.2 Å². The molecule has 0 aromatic heterocycles. The Morgan fingerprint density at radius 3 is 1.92 bits per heavy atom. The van der Waals surface area contributed by atoms with Crippen LogP contribution in [0, 0.1) is 6.92 Å². The Labute approximate surface area is 217 Å². The number of anilines is 1. The van der Waals surface area contributed by atoms with E-state index in [4.69, 9.17) is 9.47 Å². The number of aryl methyl sites for hydroxylation is 1. The summed E-state index contributed by atoms with van der Waals surface area (Å²) in [5.74, 6) is 1.84. The van der Waals surface area contributed by atoms with E-state index in [1.165, 1.54) is 10.5 Å². The van der Waals surface area contributed by atoms with Gasteiger partial charge in [0.25, 0.3) is 11.8 Å². The molecule has 1 heterocycles. The zero-order valence-corrected chi connectivity index (χ0v) is 21.4. The lowest BCUT2D eigenvalue weighted by Gasteiger charge is -2.23. The molecule has 1 aliphatic heterocycles. The van der Waals surface area contributed by atoms with Gasteiger partial charge in [0.05, 0.1) is 16.8 Å². The third-order valence-electron chi connectivity index (χ3n) is 6.89. The largest absolute Gasteiger partial charge is 0.457 e. The number of ether oxygens (including phenoxy) is 2. The van der Waals surface area contributed by atoms with E-state index in [9.17, 15) is 9.59 Å². The van der Waals surface area contributed by atoms with Crippen molar-refractivity contribution in [2.75, 3.05) is 4.90 Å². The standard InChI is InChI=1S/C32H29NO4/c1-5-32(3,4)22-9-6-11-24(18-22)36-26-13-8-14-27(20-26)37-25-12-7-10-23(19-25)33-30(34)28-16-15-21(2)17-29(28)31(33)35/h6-20H,5H2,1-4H3. The molecule has 0 aliphatic carbocycles. The smallest absolute Gasteiger partial charge is 0.266 e. The molecule has 0 unspecified atom stereocenters. The highest BCUT2D eigenvalue weighted by atomic mass is 16.5. The number of carbonyl (C=O) groups excluding carboxylic acids is 2. The summed E-state index contributed by atoms with van der Waals surface area (Å²) in [6.45, 7) is 8.52. The van der Waals surface area contributed by atoms with E-state index in [0.717, 1.165) is 17.7 Å². The van der Waals surface area contributed by atoms with Gasteiger partial charge in [0, 0.05) is 12.1 Å². The van der Waals surface area contributed by atoms with Crippen LogP contribution in [0.3, 0.4) is 0 Å². The lowest BCUT2D eigenvalue weighted by atomic mass is 9.82. The zero-order chi connectivity index (χ0) is 26.2. The van der Waals surface area contributed by atoms with Gasteiger partial charge in [-0.1, -0.05) is 56.7 Å². The Kier molecular flexibility index (Phi) is 6.30. The Bertz CT molecular complexity index is 1500. The number of nitrogens with zero attached hydrogens (tertiary/aromatic N) is 1. The van der Waals surface area contributed by atoms with Crippen LogP contribution in [0.25, 0.3) is 0 Å². The van der Waals surface area contributed by atoms with Crippen molar-refractivity contribution in [3.8, 4) is 23.0 Å². The maximum atomic E-state index is 13.0. The van der Waals surface area contributed by atoms with E-state index < -0.39 is 0 Å². The van der Waals surface area contributed by atoms with Crippen molar-refractivity contribution >= 4 is 17.5 Å². The van der Waals surface area contributed by atoms with Crippen LogP contribution in [-0.2, 0) is 5.41 Å². The number of hydrogen-bond donors (Lipinski definition) is 0. The third-order valence-corrected chi connectivity index (χ3v) is 6.89. The number of rotatable bonds is 7. The van der Waals surface area contributed by atoms with Gasteiger partial charge >= 0.3 is 0 Å². The van der Waals surface area contributed by atoms with Crippen molar-refractivity contribution in [3.05, 3.63) is 113 Å². The molecular formula is C32H29NO4. The van der Waals surface area contributed by atoms with Crippen LogP contribution in [0.1, 0.15) is 59.0 Å². The first-order valence-corrected chi connectivity index (χ1v) is 12.4. The van der Waals surface area contributed by atoms with Crippen molar-refractivity contribution in [3.63, 3.8) is 0 Å².